The monoisotopic (exact) mass is 238 g/mol. The normalized spacial score (nSPS) is 11.9. The molecule has 0 heterocycles. The molecule has 1 atom stereocenters. The van der Waals surface area contributed by atoms with E-state index in [2.05, 4.69) is 0 Å². The van der Waals surface area contributed by atoms with Crippen molar-refractivity contribution in [2.45, 2.75) is 27.2 Å². The smallest absolute Gasteiger partial charge is 1.00 e. The van der Waals surface area contributed by atoms with Crippen LogP contribution in [0.15, 0.2) is 0 Å². The SMILES string of the molecule is CCC(C)C(C)(C(=O)O)C(=O)O.[H-].[H-].[K+].[Na+]. The van der Waals surface area contributed by atoms with Crippen molar-refractivity contribution < 1.29 is 104 Å². The Morgan fingerprint density at radius 1 is 1.36 bits per heavy atom. The Bertz CT molecular complexity index is 202. The molecule has 0 bridgehead atoms. The maximum Gasteiger partial charge on any atom is 1.00 e. The van der Waals surface area contributed by atoms with E-state index >= 15 is 0 Å². The van der Waals surface area contributed by atoms with E-state index in [1.807, 2.05) is 0 Å². The van der Waals surface area contributed by atoms with Crippen molar-refractivity contribution in [3.8, 4) is 0 Å². The molecule has 0 saturated carbocycles. The predicted molar refractivity (Wildman–Crippen MR) is 45.1 cm³/mol. The Morgan fingerprint density at radius 3 is 1.71 bits per heavy atom. The molecule has 0 radical (unpaired) electrons. The predicted octanol–water partition coefficient (Wildman–Crippen LogP) is -4.56. The molecule has 1 unspecified atom stereocenters. The largest absolute Gasteiger partial charge is 1.00 e. The number of aliphatic carboxylic acids is 2. The third kappa shape index (κ3) is 4.61. The van der Waals surface area contributed by atoms with E-state index in [-0.39, 0.29) is 89.7 Å². The summed E-state index contributed by atoms with van der Waals surface area (Å²) in [7, 11) is 0. The quantitative estimate of drug-likeness (QED) is 0.382. The van der Waals surface area contributed by atoms with E-state index in [9.17, 15) is 9.59 Å². The number of rotatable bonds is 4. The average molecular weight is 238 g/mol. The summed E-state index contributed by atoms with van der Waals surface area (Å²) in [6.45, 7) is 4.64. The van der Waals surface area contributed by atoms with Crippen molar-refractivity contribution in [1.82, 2.24) is 0 Å². The van der Waals surface area contributed by atoms with Crippen LogP contribution in [0.1, 0.15) is 30.0 Å². The second-order valence-corrected chi connectivity index (χ2v) is 3.12. The van der Waals surface area contributed by atoms with Gasteiger partial charge in [-0.2, -0.15) is 0 Å². The minimum Gasteiger partial charge on any atom is -1.00 e. The van der Waals surface area contributed by atoms with Gasteiger partial charge in [-0.25, -0.2) is 0 Å². The first kappa shape index (κ1) is 20.9. The molecular formula is C8H16KNaO4. The van der Waals surface area contributed by atoms with E-state index in [4.69, 9.17) is 10.2 Å². The van der Waals surface area contributed by atoms with Crippen molar-refractivity contribution >= 4 is 11.9 Å². The molecule has 0 amide bonds. The van der Waals surface area contributed by atoms with Crippen molar-refractivity contribution in [3.05, 3.63) is 0 Å². The minimum atomic E-state index is -1.66. The van der Waals surface area contributed by atoms with Crippen LogP contribution in [-0.2, 0) is 9.59 Å². The summed E-state index contributed by atoms with van der Waals surface area (Å²) < 4.78 is 0. The average Bonchev–Trinajstić information content (AvgIpc) is 2.00. The van der Waals surface area contributed by atoms with Gasteiger partial charge in [-0.3, -0.25) is 9.59 Å². The van der Waals surface area contributed by atoms with Crippen LogP contribution in [0, 0.1) is 11.3 Å². The molecular weight excluding hydrogens is 222 g/mol. The maximum atomic E-state index is 10.7. The van der Waals surface area contributed by atoms with Crippen LogP contribution in [0.4, 0.5) is 0 Å². The zero-order chi connectivity index (χ0) is 9.94. The molecule has 0 aromatic rings. The van der Waals surface area contributed by atoms with Gasteiger partial charge in [0.25, 0.3) is 0 Å². The van der Waals surface area contributed by atoms with E-state index in [1.165, 1.54) is 6.92 Å². The summed E-state index contributed by atoms with van der Waals surface area (Å²) in [4.78, 5) is 21.4. The van der Waals surface area contributed by atoms with Crippen molar-refractivity contribution in [3.63, 3.8) is 0 Å². The van der Waals surface area contributed by atoms with Gasteiger partial charge in [0.15, 0.2) is 5.41 Å². The van der Waals surface area contributed by atoms with Gasteiger partial charge in [-0.1, -0.05) is 20.3 Å². The first-order chi connectivity index (χ1) is 5.37. The van der Waals surface area contributed by atoms with Gasteiger partial charge in [-0.15, -0.1) is 0 Å². The van der Waals surface area contributed by atoms with Crippen molar-refractivity contribution in [1.29, 1.82) is 0 Å². The van der Waals surface area contributed by atoms with E-state index in [0.29, 0.717) is 6.42 Å². The van der Waals surface area contributed by atoms with Gasteiger partial charge in [-0.05, 0) is 12.8 Å². The van der Waals surface area contributed by atoms with E-state index < -0.39 is 17.4 Å². The third-order valence-corrected chi connectivity index (χ3v) is 2.49. The molecule has 2 N–H and O–H groups in total. The Morgan fingerprint density at radius 2 is 1.64 bits per heavy atom. The van der Waals surface area contributed by atoms with Crippen molar-refractivity contribution in [2.24, 2.45) is 11.3 Å². The minimum absolute atomic E-state index is 0. The number of carbonyl (C=O) groups is 2. The molecule has 0 rings (SSSR count). The van der Waals surface area contributed by atoms with Crippen molar-refractivity contribution in [2.75, 3.05) is 0 Å². The molecule has 0 fully saturated rings. The molecule has 14 heavy (non-hydrogen) atoms. The molecule has 74 valence electrons. The molecule has 0 aliphatic carbocycles. The number of carboxylic acids is 2. The van der Waals surface area contributed by atoms with Crippen LogP contribution < -0.4 is 80.9 Å². The molecule has 0 aromatic heterocycles. The summed E-state index contributed by atoms with van der Waals surface area (Å²) in [6.07, 6.45) is 0.537. The number of hydrogen-bond acceptors (Lipinski definition) is 2. The zero-order valence-corrected chi connectivity index (χ0v) is 14.6. The van der Waals surface area contributed by atoms with Crippen LogP contribution in [-0.4, -0.2) is 22.2 Å². The number of carboxylic acid groups (broad SMARTS) is 2. The van der Waals surface area contributed by atoms with Gasteiger partial charge < -0.3 is 13.1 Å². The summed E-state index contributed by atoms with van der Waals surface area (Å²) in [5, 5.41) is 17.4. The van der Waals surface area contributed by atoms with E-state index in [0.717, 1.165) is 0 Å². The van der Waals surface area contributed by atoms with Gasteiger partial charge in [0.05, 0.1) is 0 Å². The molecule has 0 spiro atoms. The second-order valence-electron chi connectivity index (χ2n) is 3.12. The molecule has 0 aromatic carbocycles. The fourth-order valence-corrected chi connectivity index (χ4v) is 0.921. The molecule has 6 heteroatoms. The Balaban J connectivity index is -0.000000101. The summed E-state index contributed by atoms with van der Waals surface area (Å²) in [5.41, 5.74) is -1.66. The fraction of sp³-hybridized carbons (Fsp3) is 0.750. The second kappa shape index (κ2) is 8.70. The Kier molecular flexibility index (Phi) is 13.0. The van der Waals surface area contributed by atoms with Gasteiger partial charge >= 0.3 is 92.9 Å². The molecule has 0 saturated heterocycles. The summed E-state index contributed by atoms with van der Waals surface area (Å²) >= 11 is 0. The van der Waals surface area contributed by atoms with E-state index in [1.54, 1.807) is 13.8 Å². The topological polar surface area (TPSA) is 74.6 Å². The first-order valence-electron chi connectivity index (χ1n) is 3.84. The Labute approximate surface area is 152 Å². The molecule has 4 nitrogen and oxygen atoms in total. The van der Waals surface area contributed by atoms with Crippen LogP contribution >= 0.6 is 0 Å². The maximum absolute atomic E-state index is 10.7. The Hall–Kier alpha value is 1.58. The zero-order valence-electron chi connectivity index (χ0n) is 11.5. The summed E-state index contributed by atoms with van der Waals surface area (Å²) in [5.74, 6) is -2.92. The fourth-order valence-electron chi connectivity index (χ4n) is 0.921. The first-order valence-corrected chi connectivity index (χ1v) is 3.84. The standard InChI is InChI=1S/C8H14O4.K.Na.2H/c1-4-5(2)8(3,6(9)10)7(11)12;;;;/h5H,4H2,1-3H3,(H,9,10)(H,11,12);;;;/q;2*+1;2*-1. The third-order valence-electron chi connectivity index (χ3n) is 2.49. The molecule has 0 aliphatic heterocycles. The van der Waals surface area contributed by atoms with Gasteiger partial charge in [0.1, 0.15) is 0 Å². The molecule has 0 aliphatic rings. The van der Waals surface area contributed by atoms with Gasteiger partial charge in [0.2, 0.25) is 0 Å². The van der Waals surface area contributed by atoms with Crippen LogP contribution in [0.2, 0.25) is 0 Å². The van der Waals surface area contributed by atoms with Crippen LogP contribution in [0.5, 0.6) is 0 Å². The van der Waals surface area contributed by atoms with Gasteiger partial charge in [0, 0.05) is 0 Å². The summed E-state index contributed by atoms with van der Waals surface area (Å²) in [6, 6.07) is 0. The van der Waals surface area contributed by atoms with Crippen LogP contribution in [0.25, 0.3) is 0 Å². The van der Waals surface area contributed by atoms with Crippen LogP contribution in [0.3, 0.4) is 0 Å². The number of hydrogen-bond donors (Lipinski definition) is 2.